The number of rotatable bonds is 7. The Balaban J connectivity index is 3.91. The molecule has 0 spiro atoms. The highest BCUT2D eigenvalue weighted by atomic mass is 17.0. The third-order valence-corrected chi connectivity index (χ3v) is 1.79. The molecule has 0 heterocycles. The standard InChI is InChI=1S/C8H21N3O2/c1-4-6-8(9,7-5-2)10-13-11(3)12/h10-11H,4-7,9H2,1-3H3. The van der Waals surface area contributed by atoms with Crippen molar-refractivity contribution in [2.45, 2.75) is 45.2 Å². The molecule has 0 aliphatic rings. The van der Waals surface area contributed by atoms with Crippen LogP contribution in [0.4, 0.5) is 0 Å². The Hall–Kier alpha value is -0.200. The summed E-state index contributed by atoms with van der Waals surface area (Å²) < 4.78 is 0. The zero-order chi connectivity index (χ0) is 10.3. The second-order valence-electron chi connectivity index (χ2n) is 3.35. The summed E-state index contributed by atoms with van der Waals surface area (Å²) in [7, 11) is 1.35. The molecule has 1 atom stereocenters. The maximum atomic E-state index is 10.6. The van der Waals surface area contributed by atoms with Crippen LogP contribution in [0.25, 0.3) is 0 Å². The van der Waals surface area contributed by atoms with Crippen LogP contribution >= 0.6 is 0 Å². The highest BCUT2D eigenvalue weighted by Crippen LogP contribution is 2.12. The van der Waals surface area contributed by atoms with Crippen LogP contribution < -0.4 is 16.4 Å². The predicted molar refractivity (Wildman–Crippen MR) is 51.2 cm³/mol. The van der Waals surface area contributed by atoms with E-state index in [1.807, 2.05) is 13.8 Å². The van der Waals surface area contributed by atoms with Crippen molar-refractivity contribution in [3.63, 3.8) is 0 Å². The van der Waals surface area contributed by atoms with Gasteiger partial charge in [0.05, 0.1) is 12.7 Å². The largest absolute Gasteiger partial charge is 0.599 e. The molecule has 0 aromatic heterocycles. The van der Waals surface area contributed by atoms with Crippen LogP contribution in [0.5, 0.6) is 0 Å². The second-order valence-corrected chi connectivity index (χ2v) is 3.35. The van der Waals surface area contributed by atoms with Gasteiger partial charge in [-0.05, 0) is 12.8 Å². The molecule has 0 saturated heterocycles. The van der Waals surface area contributed by atoms with Crippen molar-refractivity contribution in [3.05, 3.63) is 5.21 Å². The van der Waals surface area contributed by atoms with Gasteiger partial charge in [0.2, 0.25) is 0 Å². The summed E-state index contributed by atoms with van der Waals surface area (Å²) in [5.74, 6) is 0. The SMILES string of the molecule is CCCC(N)(CCC)NO[NH+](C)[O-]. The first-order valence-electron chi connectivity index (χ1n) is 4.77. The molecule has 0 rings (SSSR count). The summed E-state index contributed by atoms with van der Waals surface area (Å²) in [5.41, 5.74) is 8.04. The molecule has 5 heteroatoms. The maximum absolute atomic E-state index is 10.6. The van der Waals surface area contributed by atoms with E-state index in [1.165, 1.54) is 7.05 Å². The van der Waals surface area contributed by atoms with Gasteiger partial charge in [0, 0.05) is 0 Å². The van der Waals surface area contributed by atoms with Gasteiger partial charge in [-0.1, -0.05) is 26.7 Å². The van der Waals surface area contributed by atoms with E-state index >= 15 is 0 Å². The van der Waals surface area contributed by atoms with Gasteiger partial charge in [-0.2, -0.15) is 0 Å². The average Bonchev–Trinajstić information content (AvgIpc) is 2.02. The molecular weight excluding hydrogens is 170 g/mol. The molecule has 0 bridgehead atoms. The van der Waals surface area contributed by atoms with Crippen LogP contribution in [0.2, 0.25) is 0 Å². The summed E-state index contributed by atoms with van der Waals surface area (Å²) >= 11 is 0. The average molecular weight is 191 g/mol. The Morgan fingerprint density at radius 2 is 1.85 bits per heavy atom. The van der Waals surface area contributed by atoms with Gasteiger partial charge in [0.15, 0.2) is 0 Å². The first-order chi connectivity index (χ1) is 6.04. The van der Waals surface area contributed by atoms with E-state index in [2.05, 4.69) is 5.48 Å². The van der Waals surface area contributed by atoms with Gasteiger partial charge in [-0.25, -0.2) is 5.23 Å². The zero-order valence-electron chi connectivity index (χ0n) is 8.72. The molecule has 0 aliphatic carbocycles. The smallest absolute Gasteiger partial charge is 0.0982 e. The Labute approximate surface area is 79.7 Å². The van der Waals surface area contributed by atoms with Crippen molar-refractivity contribution < 1.29 is 10.2 Å². The molecule has 0 fully saturated rings. The van der Waals surface area contributed by atoms with E-state index in [4.69, 9.17) is 10.7 Å². The fraction of sp³-hybridized carbons (Fsp3) is 1.00. The molecule has 0 aromatic carbocycles. The topological polar surface area (TPSA) is 74.8 Å². The predicted octanol–water partition coefficient (Wildman–Crippen LogP) is -0.310. The molecule has 13 heavy (non-hydrogen) atoms. The van der Waals surface area contributed by atoms with E-state index in [9.17, 15) is 5.21 Å². The first-order valence-corrected chi connectivity index (χ1v) is 4.77. The van der Waals surface area contributed by atoms with Crippen LogP contribution in [0.15, 0.2) is 0 Å². The van der Waals surface area contributed by atoms with Gasteiger partial charge in [0.25, 0.3) is 0 Å². The summed E-state index contributed by atoms with van der Waals surface area (Å²) in [6.07, 6.45) is 3.53. The first kappa shape index (κ1) is 12.8. The molecular formula is C8H21N3O2. The van der Waals surface area contributed by atoms with Crippen molar-refractivity contribution >= 4 is 0 Å². The fourth-order valence-corrected chi connectivity index (χ4v) is 1.29. The molecule has 5 nitrogen and oxygen atoms in total. The number of hydroxylamine groups is 3. The van der Waals surface area contributed by atoms with E-state index in [-0.39, 0.29) is 5.23 Å². The van der Waals surface area contributed by atoms with E-state index in [1.54, 1.807) is 0 Å². The number of nitrogens with two attached hydrogens (primary N) is 1. The van der Waals surface area contributed by atoms with Crippen LogP contribution in [0.3, 0.4) is 0 Å². The van der Waals surface area contributed by atoms with Crippen molar-refractivity contribution in [1.82, 2.24) is 5.48 Å². The van der Waals surface area contributed by atoms with Gasteiger partial charge in [-0.3, -0.25) is 0 Å². The van der Waals surface area contributed by atoms with Crippen molar-refractivity contribution in [1.29, 1.82) is 0 Å². The Morgan fingerprint density at radius 1 is 1.38 bits per heavy atom. The van der Waals surface area contributed by atoms with Crippen LogP contribution in [0, 0.1) is 5.21 Å². The molecule has 80 valence electrons. The van der Waals surface area contributed by atoms with Crippen molar-refractivity contribution in [2.24, 2.45) is 5.73 Å². The fourth-order valence-electron chi connectivity index (χ4n) is 1.29. The minimum Gasteiger partial charge on any atom is -0.599 e. The minimum absolute atomic E-state index is 0.359. The number of hydrogen-bond donors (Lipinski definition) is 3. The zero-order valence-corrected chi connectivity index (χ0v) is 8.72. The molecule has 0 amide bonds. The Bertz CT molecular complexity index is 125. The number of quaternary nitrogens is 1. The lowest BCUT2D eigenvalue weighted by molar-refractivity contribution is -1.05. The van der Waals surface area contributed by atoms with Gasteiger partial charge in [-0.15, -0.1) is 10.4 Å². The molecule has 0 aromatic rings. The van der Waals surface area contributed by atoms with Crippen molar-refractivity contribution in [2.75, 3.05) is 7.05 Å². The van der Waals surface area contributed by atoms with Crippen LogP contribution in [-0.2, 0) is 4.94 Å². The molecule has 4 N–H and O–H groups in total. The Morgan fingerprint density at radius 3 is 2.15 bits per heavy atom. The highest BCUT2D eigenvalue weighted by Gasteiger charge is 2.23. The second kappa shape index (κ2) is 6.28. The van der Waals surface area contributed by atoms with Crippen molar-refractivity contribution in [3.8, 4) is 0 Å². The molecule has 0 aliphatic heterocycles. The summed E-state index contributed by atoms with van der Waals surface area (Å²) in [5, 5.41) is 10.2. The normalized spacial score (nSPS) is 14.5. The van der Waals surface area contributed by atoms with E-state index < -0.39 is 5.66 Å². The number of nitrogens with one attached hydrogen (secondary N) is 2. The molecule has 1 unspecified atom stereocenters. The minimum atomic E-state index is -0.560. The summed E-state index contributed by atoms with van der Waals surface area (Å²) in [6.45, 7) is 4.10. The van der Waals surface area contributed by atoms with Gasteiger partial charge in [0.1, 0.15) is 0 Å². The van der Waals surface area contributed by atoms with Crippen LogP contribution in [0.1, 0.15) is 39.5 Å². The van der Waals surface area contributed by atoms with E-state index in [0.29, 0.717) is 0 Å². The molecule has 0 saturated carbocycles. The Kier molecular flexibility index (Phi) is 6.19. The lowest BCUT2D eigenvalue weighted by atomic mass is 10.0. The van der Waals surface area contributed by atoms with Gasteiger partial charge < -0.3 is 10.9 Å². The van der Waals surface area contributed by atoms with E-state index in [0.717, 1.165) is 25.7 Å². The summed E-state index contributed by atoms with van der Waals surface area (Å²) in [4.78, 5) is 4.70. The third-order valence-electron chi connectivity index (χ3n) is 1.79. The number of hydrogen-bond acceptors (Lipinski definition) is 4. The quantitative estimate of drug-likeness (QED) is 0.381. The monoisotopic (exact) mass is 191 g/mol. The van der Waals surface area contributed by atoms with Crippen LogP contribution in [-0.4, -0.2) is 12.7 Å². The third kappa shape index (κ3) is 5.95. The lowest BCUT2D eigenvalue weighted by Gasteiger charge is -2.30. The highest BCUT2D eigenvalue weighted by molar-refractivity contribution is 4.76. The maximum Gasteiger partial charge on any atom is 0.0982 e. The van der Waals surface area contributed by atoms with Gasteiger partial charge >= 0.3 is 0 Å². The molecule has 0 radical (unpaired) electrons. The lowest BCUT2D eigenvalue weighted by Crippen LogP contribution is -3.04. The summed E-state index contributed by atoms with van der Waals surface area (Å²) in [6, 6.07) is 0.